The Hall–Kier alpha value is -0.600. The second-order valence-electron chi connectivity index (χ2n) is 2.97. The Morgan fingerprint density at radius 1 is 1.50 bits per heavy atom. The van der Waals surface area contributed by atoms with Crippen LogP contribution in [0.2, 0.25) is 5.02 Å². The fraction of sp³-hybridized carbons (Fsp3) is 0.333. The quantitative estimate of drug-likeness (QED) is 0.709. The van der Waals surface area contributed by atoms with Gasteiger partial charge in [-0.3, -0.25) is 0 Å². The third kappa shape index (κ3) is 1.32. The number of hydrogen-bond acceptors (Lipinski definition) is 1. The van der Waals surface area contributed by atoms with E-state index in [-0.39, 0.29) is 10.8 Å². The molecule has 1 atom stereocenters. The molecular formula is C9H9ClFN. The van der Waals surface area contributed by atoms with Crippen LogP contribution in [0.5, 0.6) is 0 Å². The van der Waals surface area contributed by atoms with E-state index in [1.807, 2.05) is 0 Å². The van der Waals surface area contributed by atoms with Gasteiger partial charge >= 0.3 is 0 Å². The summed E-state index contributed by atoms with van der Waals surface area (Å²) < 4.78 is 12.7. The molecule has 1 aliphatic heterocycles. The molecule has 1 saturated heterocycles. The number of hydrogen-bond donors (Lipinski definition) is 1. The average Bonchev–Trinajstić information content (AvgIpc) is 1.93. The summed E-state index contributed by atoms with van der Waals surface area (Å²) in [4.78, 5) is 0. The van der Waals surface area contributed by atoms with Crippen molar-refractivity contribution < 1.29 is 4.39 Å². The van der Waals surface area contributed by atoms with Crippen molar-refractivity contribution in [2.24, 2.45) is 0 Å². The van der Waals surface area contributed by atoms with Crippen molar-refractivity contribution >= 4 is 11.6 Å². The smallest absolute Gasteiger partial charge is 0.141 e. The van der Waals surface area contributed by atoms with Crippen LogP contribution in [0.3, 0.4) is 0 Å². The van der Waals surface area contributed by atoms with Gasteiger partial charge in [0.25, 0.3) is 0 Å². The van der Waals surface area contributed by atoms with Gasteiger partial charge in [0, 0.05) is 6.04 Å². The molecule has 1 aliphatic rings. The lowest BCUT2D eigenvalue weighted by molar-refractivity contribution is 0.383. The highest BCUT2D eigenvalue weighted by molar-refractivity contribution is 6.30. The van der Waals surface area contributed by atoms with Gasteiger partial charge in [0.05, 0.1) is 5.02 Å². The summed E-state index contributed by atoms with van der Waals surface area (Å²) in [5, 5.41) is 3.44. The maximum absolute atomic E-state index is 12.7. The lowest BCUT2D eigenvalue weighted by Crippen LogP contribution is -2.34. The van der Waals surface area contributed by atoms with Gasteiger partial charge in [-0.2, -0.15) is 0 Å². The first-order chi connectivity index (χ1) is 5.77. The van der Waals surface area contributed by atoms with Gasteiger partial charge in [-0.25, -0.2) is 4.39 Å². The summed E-state index contributed by atoms with van der Waals surface area (Å²) >= 11 is 5.64. The van der Waals surface area contributed by atoms with E-state index < -0.39 is 0 Å². The number of rotatable bonds is 1. The summed E-state index contributed by atoms with van der Waals surface area (Å²) in [5.74, 6) is -0.347. The van der Waals surface area contributed by atoms with E-state index in [2.05, 4.69) is 5.32 Å². The SMILES string of the molecule is Fc1ccc([C@H]2CCN2)cc1Cl. The first kappa shape index (κ1) is 8.02. The predicted octanol–water partition coefficient (Wildman–Crippen LogP) is 2.51. The molecule has 0 radical (unpaired) electrons. The third-order valence-electron chi connectivity index (χ3n) is 2.17. The zero-order valence-electron chi connectivity index (χ0n) is 6.48. The van der Waals surface area contributed by atoms with Crippen molar-refractivity contribution in [1.29, 1.82) is 0 Å². The van der Waals surface area contributed by atoms with Gasteiger partial charge in [-0.15, -0.1) is 0 Å². The van der Waals surface area contributed by atoms with Gasteiger partial charge in [0.2, 0.25) is 0 Å². The van der Waals surface area contributed by atoms with Crippen LogP contribution in [0.4, 0.5) is 4.39 Å². The molecular weight excluding hydrogens is 177 g/mol. The van der Waals surface area contributed by atoms with Crippen LogP contribution in [0.15, 0.2) is 18.2 Å². The van der Waals surface area contributed by atoms with Crippen LogP contribution in [0, 0.1) is 5.82 Å². The highest BCUT2D eigenvalue weighted by atomic mass is 35.5. The Balaban J connectivity index is 2.27. The normalized spacial score (nSPS) is 22.0. The molecule has 2 rings (SSSR count). The minimum atomic E-state index is -0.347. The van der Waals surface area contributed by atoms with Crippen LogP contribution in [-0.2, 0) is 0 Å². The Labute approximate surface area is 75.5 Å². The second-order valence-corrected chi connectivity index (χ2v) is 3.38. The van der Waals surface area contributed by atoms with Crippen LogP contribution < -0.4 is 5.32 Å². The summed E-state index contributed by atoms with van der Waals surface area (Å²) in [7, 11) is 0. The Morgan fingerprint density at radius 2 is 2.25 bits per heavy atom. The van der Waals surface area contributed by atoms with Crippen molar-refractivity contribution in [3.05, 3.63) is 34.6 Å². The Bertz CT molecular complexity index is 297. The highest BCUT2D eigenvalue weighted by Crippen LogP contribution is 2.26. The van der Waals surface area contributed by atoms with Crippen molar-refractivity contribution in [1.82, 2.24) is 5.32 Å². The van der Waals surface area contributed by atoms with E-state index in [1.165, 1.54) is 6.07 Å². The molecule has 1 fully saturated rings. The van der Waals surface area contributed by atoms with Gasteiger partial charge in [0.1, 0.15) is 5.82 Å². The molecule has 1 heterocycles. The summed E-state index contributed by atoms with van der Waals surface area (Å²) in [6.45, 7) is 1.04. The molecule has 1 nitrogen and oxygen atoms in total. The first-order valence-electron chi connectivity index (χ1n) is 3.96. The number of halogens is 2. The van der Waals surface area contributed by atoms with Crippen molar-refractivity contribution in [2.45, 2.75) is 12.5 Å². The van der Waals surface area contributed by atoms with E-state index in [9.17, 15) is 4.39 Å². The Morgan fingerprint density at radius 3 is 2.75 bits per heavy atom. The lowest BCUT2D eigenvalue weighted by Gasteiger charge is -2.28. The van der Waals surface area contributed by atoms with Crippen LogP contribution in [0.1, 0.15) is 18.0 Å². The summed E-state index contributed by atoms with van der Waals surface area (Å²) in [6, 6.07) is 5.26. The van der Waals surface area contributed by atoms with Crippen molar-refractivity contribution in [2.75, 3.05) is 6.54 Å². The second kappa shape index (κ2) is 3.04. The van der Waals surface area contributed by atoms with Gasteiger partial charge in [-0.05, 0) is 30.7 Å². The molecule has 1 aromatic rings. The summed E-state index contributed by atoms with van der Waals surface area (Å²) in [6.07, 6.45) is 1.11. The molecule has 0 bridgehead atoms. The molecule has 0 saturated carbocycles. The van der Waals surface area contributed by atoms with Gasteiger partial charge in [0.15, 0.2) is 0 Å². The molecule has 0 aliphatic carbocycles. The molecule has 3 heteroatoms. The molecule has 1 aromatic carbocycles. The molecule has 0 spiro atoms. The topological polar surface area (TPSA) is 12.0 Å². The predicted molar refractivity (Wildman–Crippen MR) is 46.8 cm³/mol. The first-order valence-corrected chi connectivity index (χ1v) is 4.33. The van der Waals surface area contributed by atoms with Crippen LogP contribution in [0.25, 0.3) is 0 Å². The molecule has 0 unspecified atom stereocenters. The molecule has 0 amide bonds. The van der Waals surface area contributed by atoms with E-state index in [0.717, 1.165) is 18.5 Å². The van der Waals surface area contributed by atoms with Crippen molar-refractivity contribution in [3.8, 4) is 0 Å². The maximum atomic E-state index is 12.7. The minimum Gasteiger partial charge on any atom is -0.310 e. The van der Waals surface area contributed by atoms with E-state index in [4.69, 9.17) is 11.6 Å². The molecule has 0 aromatic heterocycles. The van der Waals surface area contributed by atoms with Gasteiger partial charge in [-0.1, -0.05) is 17.7 Å². The fourth-order valence-electron chi connectivity index (χ4n) is 1.30. The molecule has 12 heavy (non-hydrogen) atoms. The third-order valence-corrected chi connectivity index (χ3v) is 2.46. The van der Waals surface area contributed by atoms with Crippen LogP contribution in [-0.4, -0.2) is 6.54 Å². The molecule has 1 N–H and O–H groups in total. The standard InChI is InChI=1S/C9H9ClFN/c10-7-5-6(1-2-8(7)11)9-3-4-12-9/h1-2,5,9,12H,3-4H2/t9-/m1/s1. The van der Waals surface area contributed by atoms with Crippen molar-refractivity contribution in [3.63, 3.8) is 0 Å². The van der Waals surface area contributed by atoms with E-state index in [1.54, 1.807) is 12.1 Å². The lowest BCUT2D eigenvalue weighted by atomic mass is 9.98. The number of nitrogens with one attached hydrogen (secondary N) is 1. The monoisotopic (exact) mass is 185 g/mol. The van der Waals surface area contributed by atoms with Gasteiger partial charge < -0.3 is 5.32 Å². The van der Waals surface area contributed by atoms with E-state index >= 15 is 0 Å². The average molecular weight is 186 g/mol. The zero-order chi connectivity index (χ0) is 8.55. The van der Waals surface area contributed by atoms with E-state index in [0.29, 0.717) is 6.04 Å². The zero-order valence-corrected chi connectivity index (χ0v) is 7.24. The fourth-order valence-corrected chi connectivity index (χ4v) is 1.49. The largest absolute Gasteiger partial charge is 0.310 e. The number of benzene rings is 1. The molecule has 64 valence electrons. The maximum Gasteiger partial charge on any atom is 0.141 e. The van der Waals surface area contributed by atoms with Crippen LogP contribution >= 0.6 is 11.6 Å². The summed E-state index contributed by atoms with van der Waals surface area (Å²) in [5.41, 5.74) is 1.08. The highest BCUT2D eigenvalue weighted by Gasteiger charge is 2.18. The Kier molecular flexibility index (Phi) is 2.03. The minimum absolute atomic E-state index is 0.209.